The van der Waals surface area contributed by atoms with Crippen molar-refractivity contribution >= 4 is 5.91 Å². The van der Waals surface area contributed by atoms with Gasteiger partial charge in [0, 0.05) is 19.0 Å². The van der Waals surface area contributed by atoms with Crippen molar-refractivity contribution in [3.63, 3.8) is 0 Å². The average molecular weight is 352 g/mol. The molecule has 0 spiro atoms. The number of aromatic nitrogens is 3. The smallest absolute Gasteiger partial charge is 0.338 e. The number of nitrogens with zero attached hydrogens (tertiary/aromatic N) is 4. The Hall–Kier alpha value is -2.37. The maximum Gasteiger partial charge on any atom is 0.346 e. The fourth-order valence-electron chi connectivity index (χ4n) is 4.59. The van der Waals surface area contributed by atoms with Crippen LogP contribution >= 0.6 is 0 Å². The van der Waals surface area contributed by atoms with Crippen molar-refractivity contribution < 1.29 is 4.79 Å². The van der Waals surface area contributed by atoms with Gasteiger partial charge in [0.15, 0.2) is 0 Å². The average Bonchev–Trinajstić information content (AvgIpc) is 3.19. The molecule has 1 amide bonds. The Balaban J connectivity index is 1.44. The second-order valence-corrected chi connectivity index (χ2v) is 8.00. The second kappa shape index (κ2) is 5.83. The van der Waals surface area contributed by atoms with Crippen molar-refractivity contribution in [3.8, 4) is 0 Å². The molecule has 3 heterocycles. The summed E-state index contributed by atoms with van der Waals surface area (Å²) >= 11 is 0. The molecule has 0 bridgehead atoms. The van der Waals surface area contributed by atoms with Crippen LogP contribution < -0.4 is 5.69 Å². The number of carbonyl (C=O) groups is 1. The maximum absolute atomic E-state index is 13.1. The number of fused-ring (bicyclic) bond motifs is 2. The Labute approximate surface area is 152 Å². The highest BCUT2D eigenvalue weighted by Gasteiger charge is 2.50. The highest BCUT2D eigenvalue weighted by Crippen LogP contribution is 2.45. The molecule has 26 heavy (non-hydrogen) atoms. The molecule has 1 saturated carbocycles. The number of benzene rings is 1. The Morgan fingerprint density at radius 2 is 2.04 bits per heavy atom. The van der Waals surface area contributed by atoms with Gasteiger partial charge >= 0.3 is 5.69 Å². The fourth-order valence-corrected chi connectivity index (χ4v) is 4.59. The first-order valence-electron chi connectivity index (χ1n) is 9.66. The van der Waals surface area contributed by atoms with E-state index < -0.39 is 0 Å². The van der Waals surface area contributed by atoms with Crippen LogP contribution in [0.4, 0.5) is 0 Å². The van der Waals surface area contributed by atoms with E-state index in [2.05, 4.69) is 5.10 Å². The zero-order valence-electron chi connectivity index (χ0n) is 15.1. The van der Waals surface area contributed by atoms with E-state index in [-0.39, 0.29) is 17.6 Å². The molecule has 2 fully saturated rings. The largest absolute Gasteiger partial charge is 0.346 e. The SMILES string of the molecule is Cc1ccc(Cn2nc3n(c2=O)[C@H](C(=O)N2CC[C@@H]4C[C@@H]42)CCC3)cc1. The van der Waals surface area contributed by atoms with Crippen LogP contribution in [0.15, 0.2) is 29.1 Å². The third kappa shape index (κ3) is 2.50. The second-order valence-electron chi connectivity index (χ2n) is 8.00. The van der Waals surface area contributed by atoms with Crippen molar-refractivity contribution in [2.24, 2.45) is 5.92 Å². The summed E-state index contributed by atoms with van der Waals surface area (Å²) in [6.45, 7) is 3.35. The Bertz CT molecular complexity index is 911. The summed E-state index contributed by atoms with van der Waals surface area (Å²) in [7, 11) is 0. The highest BCUT2D eigenvalue weighted by atomic mass is 16.2. The topological polar surface area (TPSA) is 60.1 Å². The third-order valence-electron chi connectivity index (χ3n) is 6.18. The van der Waals surface area contributed by atoms with E-state index in [1.165, 1.54) is 10.2 Å². The molecule has 2 aromatic rings. The lowest BCUT2D eigenvalue weighted by Crippen LogP contribution is -2.42. The van der Waals surface area contributed by atoms with Gasteiger partial charge in [-0.2, -0.15) is 5.10 Å². The summed E-state index contributed by atoms with van der Waals surface area (Å²) < 4.78 is 3.20. The summed E-state index contributed by atoms with van der Waals surface area (Å²) in [5.74, 6) is 1.61. The molecule has 2 aliphatic heterocycles. The minimum absolute atomic E-state index is 0.132. The van der Waals surface area contributed by atoms with Gasteiger partial charge in [-0.15, -0.1) is 0 Å². The van der Waals surface area contributed by atoms with Gasteiger partial charge in [0.1, 0.15) is 11.9 Å². The molecule has 136 valence electrons. The number of aryl methyl sites for hydroxylation is 2. The van der Waals surface area contributed by atoms with Crippen LogP contribution in [-0.4, -0.2) is 37.7 Å². The van der Waals surface area contributed by atoms with E-state index in [1.807, 2.05) is 36.1 Å². The number of hydrogen-bond acceptors (Lipinski definition) is 3. The standard InChI is InChI=1S/C20H24N4O2/c1-13-5-7-14(8-6-13)12-23-20(26)24-16(3-2-4-18(24)21-23)19(25)22-10-9-15-11-17(15)22/h5-8,15-17H,2-4,9-12H2,1H3/t15-,16+,17+/m1/s1. The predicted octanol–water partition coefficient (Wildman–Crippen LogP) is 1.90. The highest BCUT2D eigenvalue weighted by molar-refractivity contribution is 5.81. The van der Waals surface area contributed by atoms with E-state index in [0.717, 1.165) is 50.0 Å². The van der Waals surface area contributed by atoms with Crippen molar-refractivity contribution in [2.45, 2.75) is 57.7 Å². The van der Waals surface area contributed by atoms with Crippen molar-refractivity contribution in [3.05, 3.63) is 51.7 Å². The molecule has 1 aromatic heterocycles. The number of likely N-dealkylation sites (tertiary alicyclic amines) is 1. The molecule has 1 aromatic carbocycles. The van der Waals surface area contributed by atoms with Crippen LogP contribution in [0.2, 0.25) is 0 Å². The first-order chi connectivity index (χ1) is 12.6. The Morgan fingerprint density at radius 3 is 2.73 bits per heavy atom. The summed E-state index contributed by atoms with van der Waals surface area (Å²) in [4.78, 5) is 28.1. The normalized spacial score (nSPS) is 26.5. The molecule has 3 atom stereocenters. The molecule has 3 aliphatic rings. The van der Waals surface area contributed by atoms with Gasteiger partial charge in [-0.05, 0) is 44.1 Å². The minimum atomic E-state index is -0.364. The molecule has 1 saturated heterocycles. The van der Waals surface area contributed by atoms with Gasteiger partial charge in [-0.3, -0.25) is 9.36 Å². The Morgan fingerprint density at radius 1 is 1.23 bits per heavy atom. The number of piperidine rings is 1. The number of rotatable bonds is 3. The monoisotopic (exact) mass is 352 g/mol. The van der Waals surface area contributed by atoms with Crippen LogP contribution in [0.25, 0.3) is 0 Å². The number of amides is 1. The lowest BCUT2D eigenvalue weighted by Gasteiger charge is -2.28. The Kier molecular flexibility index (Phi) is 3.55. The lowest BCUT2D eigenvalue weighted by molar-refractivity contribution is -0.135. The minimum Gasteiger partial charge on any atom is -0.338 e. The van der Waals surface area contributed by atoms with Crippen molar-refractivity contribution in [2.75, 3.05) is 6.54 Å². The van der Waals surface area contributed by atoms with Crippen LogP contribution in [0.5, 0.6) is 0 Å². The van der Waals surface area contributed by atoms with E-state index >= 15 is 0 Å². The van der Waals surface area contributed by atoms with Gasteiger partial charge in [0.05, 0.1) is 6.54 Å². The summed E-state index contributed by atoms with van der Waals surface area (Å²) in [5, 5.41) is 4.55. The molecule has 1 aliphatic carbocycles. The molecule has 5 rings (SSSR count). The van der Waals surface area contributed by atoms with E-state index in [0.29, 0.717) is 18.5 Å². The summed E-state index contributed by atoms with van der Waals surface area (Å²) in [6, 6.07) is 8.22. The quantitative estimate of drug-likeness (QED) is 0.848. The van der Waals surface area contributed by atoms with Crippen LogP contribution in [-0.2, 0) is 17.8 Å². The molecular formula is C20H24N4O2. The molecule has 0 radical (unpaired) electrons. The first-order valence-corrected chi connectivity index (χ1v) is 9.66. The maximum atomic E-state index is 13.1. The van der Waals surface area contributed by atoms with Crippen molar-refractivity contribution in [1.82, 2.24) is 19.2 Å². The molecule has 0 N–H and O–H groups in total. The van der Waals surface area contributed by atoms with E-state index in [9.17, 15) is 9.59 Å². The fraction of sp³-hybridized carbons (Fsp3) is 0.550. The predicted molar refractivity (Wildman–Crippen MR) is 97.0 cm³/mol. The summed E-state index contributed by atoms with van der Waals surface area (Å²) in [5.41, 5.74) is 2.10. The lowest BCUT2D eigenvalue weighted by atomic mass is 10.0. The van der Waals surface area contributed by atoms with E-state index in [4.69, 9.17) is 0 Å². The van der Waals surface area contributed by atoms with E-state index in [1.54, 1.807) is 4.57 Å². The first kappa shape index (κ1) is 15.9. The van der Waals surface area contributed by atoms with Gasteiger partial charge in [-0.1, -0.05) is 29.8 Å². The number of carbonyl (C=O) groups excluding carboxylic acids is 1. The molecular weight excluding hydrogens is 328 g/mol. The van der Waals surface area contributed by atoms with Gasteiger partial charge in [-0.25, -0.2) is 9.48 Å². The molecule has 6 heteroatoms. The van der Waals surface area contributed by atoms with Gasteiger partial charge < -0.3 is 4.90 Å². The van der Waals surface area contributed by atoms with Crippen LogP contribution in [0.3, 0.4) is 0 Å². The zero-order chi connectivity index (χ0) is 17.8. The molecule has 6 nitrogen and oxygen atoms in total. The summed E-state index contributed by atoms with van der Waals surface area (Å²) in [6.07, 6.45) is 4.70. The third-order valence-corrected chi connectivity index (χ3v) is 6.18. The zero-order valence-corrected chi connectivity index (χ0v) is 15.1. The number of hydrogen-bond donors (Lipinski definition) is 0. The van der Waals surface area contributed by atoms with Crippen LogP contribution in [0.1, 0.15) is 48.7 Å². The van der Waals surface area contributed by atoms with Crippen molar-refractivity contribution in [1.29, 1.82) is 0 Å². The van der Waals surface area contributed by atoms with Gasteiger partial charge in [0.2, 0.25) is 5.91 Å². The van der Waals surface area contributed by atoms with Gasteiger partial charge in [0.25, 0.3) is 0 Å². The molecule has 0 unspecified atom stereocenters. The van der Waals surface area contributed by atoms with Crippen LogP contribution in [0, 0.1) is 12.8 Å².